The van der Waals surface area contributed by atoms with Gasteiger partial charge in [-0.25, -0.2) is 4.52 Å². The van der Waals surface area contributed by atoms with Crippen LogP contribution in [0.15, 0.2) is 35.1 Å². The van der Waals surface area contributed by atoms with Gasteiger partial charge in [-0.15, -0.1) is 0 Å². The Morgan fingerprint density at radius 1 is 1.25 bits per heavy atom. The van der Waals surface area contributed by atoms with Gasteiger partial charge in [-0.3, -0.25) is 4.79 Å². The SMILES string of the molecule is O=c1[nH]c2cc(C3CCCCN3)nn2c2ccccc12. The number of para-hydroxylation sites is 1. The Morgan fingerprint density at radius 3 is 3.00 bits per heavy atom. The van der Waals surface area contributed by atoms with Gasteiger partial charge < -0.3 is 10.3 Å². The molecule has 0 radical (unpaired) electrons. The van der Waals surface area contributed by atoms with E-state index in [0.29, 0.717) is 11.4 Å². The predicted molar refractivity (Wildman–Crippen MR) is 77.9 cm³/mol. The number of H-pyrrole nitrogens is 1. The van der Waals surface area contributed by atoms with E-state index >= 15 is 0 Å². The van der Waals surface area contributed by atoms with E-state index in [1.807, 2.05) is 34.8 Å². The minimum Gasteiger partial charge on any atom is -0.309 e. The molecule has 1 aliphatic heterocycles. The summed E-state index contributed by atoms with van der Waals surface area (Å²) in [6.45, 7) is 1.04. The number of hydrogen-bond acceptors (Lipinski definition) is 3. The van der Waals surface area contributed by atoms with E-state index in [9.17, 15) is 4.79 Å². The lowest BCUT2D eigenvalue weighted by Crippen LogP contribution is -2.27. The van der Waals surface area contributed by atoms with E-state index in [1.54, 1.807) is 0 Å². The summed E-state index contributed by atoms with van der Waals surface area (Å²) in [7, 11) is 0. The second kappa shape index (κ2) is 4.45. The Kier molecular flexibility index (Phi) is 2.60. The van der Waals surface area contributed by atoms with E-state index in [4.69, 9.17) is 0 Å². The van der Waals surface area contributed by atoms with Crippen molar-refractivity contribution in [2.45, 2.75) is 25.3 Å². The second-order valence-corrected chi connectivity index (χ2v) is 5.34. The normalized spacial score (nSPS) is 19.7. The van der Waals surface area contributed by atoms with Crippen LogP contribution in [0.25, 0.3) is 16.6 Å². The molecular formula is C15H16N4O. The zero-order valence-corrected chi connectivity index (χ0v) is 11.1. The number of aromatic amines is 1. The molecule has 1 saturated heterocycles. The first-order valence-electron chi connectivity index (χ1n) is 7.07. The third-order valence-corrected chi connectivity index (χ3v) is 4.01. The fourth-order valence-electron chi connectivity index (χ4n) is 2.98. The van der Waals surface area contributed by atoms with E-state index in [2.05, 4.69) is 15.4 Å². The van der Waals surface area contributed by atoms with Crippen molar-refractivity contribution < 1.29 is 0 Å². The van der Waals surface area contributed by atoms with Crippen LogP contribution >= 0.6 is 0 Å². The molecule has 0 amide bonds. The first-order chi connectivity index (χ1) is 9.83. The van der Waals surface area contributed by atoms with Crippen LogP contribution in [0, 0.1) is 0 Å². The number of piperidine rings is 1. The Labute approximate surface area is 115 Å². The molecule has 3 aromatic rings. The smallest absolute Gasteiger partial charge is 0.259 e. The van der Waals surface area contributed by atoms with Crippen LogP contribution in [0.3, 0.4) is 0 Å². The van der Waals surface area contributed by atoms with Crippen molar-refractivity contribution in [3.8, 4) is 0 Å². The van der Waals surface area contributed by atoms with Crippen molar-refractivity contribution in [1.29, 1.82) is 0 Å². The van der Waals surface area contributed by atoms with Crippen molar-refractivity contribution in [3.63, 3.8) is 0 Å². The molecule has 0 bridgehead atoms. The van der Waals surface area contributed by atoms with Gasteiger partial charge in [0.05, 0.1) is 22.6 Å². The van der Waals surface area contributed by atoms with E-state index in [0.717, 1.165) is 29.8 Å². The average molecular weight is 268 g/mol. The number of nitrogens with one attached hydrogen (secondary N) is 2. The highest BCUT2D eigenvalue weighted by Gasteiger charge is 2.18. The van der Waals surface area contributed by atoms with Crippen LogP contribution in [0.1, 0.15) is 31.0 Å². The molecular weight excluding hydrogens is 252 g/mol. The van der Waals surface area contributed by atoms with Gasteiger partial charge in [0.25, 0.3) is 5.56 Å². The number of rotatable bonds is 1. The summed E-state index contributed by atoms with van der Waals surface area (Å²) < 4.78 is 1.84. The van der Waals surface area contributed by atoms with Crippen LogP contribution in [0.5, 0.6) is 0 Å². The molecule has 0 saturated carbocycles. The molecule has 2 N–H and O–H groups in total. The summed E-state index contributed by atoms with van der Waals surface area (Å²) in [5.74, 6) is 0. The quantitative estimate of drug-likeness (QED) is 0.709. The molecule has 1 atom stereocenters. The minimum atomic E-state index is -0.0591. The van der Waals surface area contributed by atoms with E-state index in [-0.39, 0.29) is 5.56 Å². The van der Waals surface area contributed by atoms with Gasteiger partial charge >= 0.3 is 0 Å². The second-order valence-electron chi connectivity index (χ2n) is 5.34. The first-order valence-corrected chi connectivity index (χ1v) is 7.07. The van der Waals surface area contributed by atoms with Gasteiger partial charge in [-0.2, -0.15) is 5.10 Å². The van der Waals surface area contributed by atoms with Crippen molar-refractivity contribution in [2.75, 3.05) is 6.54 Å². The molecule has 5 nitrogen and oxygen atoms in total. The monoisotopic (exact) mass is 268 g/mol. The van der Waals surface area contributed by atoms with Crippen LogP contribution in [0.4, 0.5) is 0 Å². The summed E-state index contributed by atoms with van der Waals surface area (Å²) in [5, 5.41) is 8.85. The Morgan fingerprint density at radius 2 is 2.15 bits per heavy atom. The Hall–Kier alpha value is -2.14. The van der Waals surface area contributed by atoms with Gasteiger partial charge in [0.2, 0.25) is 0 Å². The van der Waals surface area contributed by atoms with Gasteiger partial charge in [-0.1, -0.05) is 18.6 Å². The third kappa shape index (κ3) is 1.74. The number of nitrogens with zero attached hydrogens (tertiary/aromatic N) is 2. The van der Waals surface area contributed by atoms with Crippen molar-refractivity contribution in [3.05, 3.63) is 46.4 Å². The number of aromatic nitrogens is 3. The summed E-state index contributed by atoms with van der Waals surface area (Å²) >= 11 is 0. The maximum absolute atomic E-state index is 12.1. The summed E-state index contributed by atoms with van der Waals surface area (Å²) in [6, 6.07) is 9.84. The molecule has 4 rings (SSSR count). The Balaban J connectivity index is 1.94. The molecule has 3 heterocycles. The number of hydrogen-bond donors (Lipinski definition) is 2. The highest BCUT2D eigenvalue weighted by atomic mass is 16.1. The van der Waals surface area contributed by atoms with E-state index < -0.39 is 0 Å². The van der Waals surface area contributed by atoms with Crippen molar-refractivity contribution in [2.24, 2.45) is 0 Å². The summed E-state index contributed by atoms with van der Waals surface area (Å²) in [6.07, 6.45) is 3.55. The zero-order chi connectivity index (χ0) is 13.5. The van der Waals surface area contributed by atoms with Gasteiger partial charge in [0, 0.05) is 6.07 Å². The van der Waals surface area contributed by atoms with Crippen molar-refractivity contribution >= 4 is 16.6 Å². The highest BCUT2D eigenvalue weighted by molar-refractivity contribution is 5.80. The summed E-state index contributed by atoms with van der Waals surface area (Å²) in [4.78, 5) is 15.0. The van der Waals surface area contributed by atoms with Crippen LogP contribution in [-0.2, 0) is 0 Å². The highest BCUT2D eigenvalue weighted by Crippen LogP contribution is 2.23. The lowest BCUT2D eigenvalue weighted by atomic mass is 10.0. The molecule has 0 aliphatic carbocycles. The average Bonchev–Trinajstić information content (AvgIpc) is 2.93. The fraction of sp³-hybridized carbons (Fsp3) is 0.333. The molecule has 0 spiro atoms. The van der Waals surface area contributed by atoms with Crippen molar-refractivity contribution in [1.82, 2.24) is 19.9 Å². The maximum atomic E-state index is 12.1. The van der Waals surface area contributed by atoms with Gasteiger partial charge in [0.15, 0.2) is 0 Å². The van der Waals surface area contributed by atoms with E-state index in [1.165, 1.54) is 12.8 Å². The topological polar surface area (TPSA) is 62.2 Å². The lowest BCUT2D eigenvalue weighted by molar-refractivity contribution is 0.404. The van der Waals surface area contributed by atoms with Crippen LogP contribution in [-0.4, -0.2) is 21.1 Å². The number of benzene rings is 1. The zero-order valence-electron chi connectivity index (χ0n) is 11.1. The third-order valence-electron chi connectivity index (χ3n) is 4.01. The molecule has 20 heavy (non-hydrogen) atoms. The lowest BCUT2D eigenvalue weighted by Gasteiger charge is -2.21. The minimum absolute atomic E-state index is 0.0591. The predicted octanol–water partition coefficient (Wildman–Crippen LogP) is 1.99. The largest absolute Gasteiger partial charge is 0.309 e. The van der Waals surface area contributed by atoms with Gasteiger partial charge in [-0.05, 0) is 31.5 Å². The summed E-state index contributed by atoms with van der Waals surface area (Å²) in [5.41, 5.74) is 2.57. The van der Waals surface area contributed by atoms with Crippen LogP contribution < -0.4 is 10.9 Å². The fourth-order valence-corrected chi connectivity index (χ4v) is 2.98. The Bertz CT molecular complexity index is 827. The molecule has 102 valence electrons. The van der Waals surface area contributed by atoms with Gasteiger partial charge in [0.1, 0.15) is 5.65 Å². The first kappa shape index (κ1) is 11.7. The molecule has 2 aromatic heterocycles. The standard InChI is InChI=1S/C15H16N4O/c20-15-10-5-1-2-7-13(10)19-14(17-15)9-12(18-19)11-6-3-4-8-16-11/h1-2,5,7,9,11,16H,3-4,6,8H2,(H,17,20). The van der Waals surface area contributed by atoms with Crippen LogP contribution in [0.2, 0.25) is 0 Å². The molecule has 1 unspecified atom stereocenters. The molecule has 1 aliphatic rings. The molecule has 1 aromatic carbocycles. The molecule has 5 heteroatoms. The molecule has 1 fully saturated rings. The maximum Gasteiger partial charge on any atom is 0.259 e. The number of fused-ring (bicyclic) bond motifs is 3.